The summed E-state index contributed by atoms with van der Waals surface area (Å²) in [5.41, 5.74) is 1.09. The summed E-state index contributed by atoms with van der Waals surface area (Å²) in [4.78, 5) is 16.5. The van der Waals surface area contributed by atoms with Crippen molar-refractivity contribution < 1.29 is 9.90 Å². The molecule has 0 unspecified atom stereocenters. The van der Waals surface area contributed by atoms with Crippen molar-refractivity contribution in [1.29, 1.82) is 0 Å². The lowest BCUT2D eigenvalue weighted by molar-refractivity contribution is -0.136. The molecule has 1 N–H and O–H groups in total. The maximum Gasteiger partial charge on any atom is 0.303 e. The van der Waals surface area contributed by atoms with E-state index in [1.807, 2.05) is 11.8 Å². The number of nitrogens with zero attached hydrogens (tertiary/aromatic N) is 1. The largest absolute Gasteiger partial charge is 0.481 e. The Morgan fingerprint density at radius 3 is 2.78 bits per heavy atom. The Balaban J connectivity index is 2.70. The predicted octanol–water partition coefficient (Wildman–Crippen LogP) is 3.93. The molecule has 3 nitrogen and oxygen atoms in total. The Morgan fingerprint density at radius 1 is 1.50 bits per heavy atom. The van der Waals surface area contributed by atoms with Crippen molar-refractivity contribution in [3.8, 4) is 0 Å². The third kappa shape index (κ3) is 4.98. The number of thioether (sulfide) groups is 1. The predicted molar refractivity (Wildman–Crippen MR) is 78.6 cm³/mol. The molecule has 1 rings (SSSR count). The van der Waals surface area contributed by atoms with E-state index < -0.39 is 5.97 Å². The fraction of sp³-hybridized carbons (Fsp3) is 0.692. The third-order valence-electron chi connectivity index (χ3n) is 2.46. The topological polar surface area (TPSA) is 50.2 Å². The molecule has 0 aliphatic heterocycles. The minimum absolute atomic E-state index is 0.198. The van der Waals surface area contributed by atoms with Gasteiger partial charge in [0.2, 0.25) is 0 Å². The molecule has 102 valence electrons. The van der Waals surface area contributed by atoms with E-state index in [9.17, 15) is 4.79 Å². The van der Waals surface area contributed by atoms with Crippen LogP contribution in [0.1, 0.15) is 55.1 Å². The highest BCUT2D eigenvalue weighted by Crippen LogP contribution is 2.28. The van der Waals surface area contributed by atoms with Gasteiger partial charge in [-0.05, 0) is 24.5 Å². The van der Waals surface area contributed by atoms with Crippen LogP contribution >= 0.6 is 23.1 Å². The molecule has 0 spiro atoms. The first kappa shape index (κ1) is 15.5. The maximum absolute atomic E-state index is 10.7. The molecule has 0 aromatic carbocycles. The zero-order valence-corrected chi connectivity index (χ0v) is 12.9. The minimum atomic E-state index is -0.736. The molecule has 1 aromatic rings. The van der Waals surface area contributed by atoms with Crippen LogP contribution in [0.3, 0.4) is 0 Å². The first-order chi connectivity index (χ1) is 8.54. The fourth-order valence-corrected chi connectivity index (χ4v) is 3.81. The van der Waals surface area contributed by atoms with E-state index in [2.05, 4.69) is 25.8 Å². The molecule has 0 bridgehead atoms. The number of carbonyl (C=O) groups is 1. The average molecular weight is 287 g/mol. The quantitative estimate of drug-likeness (QED) is 0.736. The first-order valence-electron chi connectivity index (χ1n) is 6.32. The number of hydrogen-bond acceptors (Lipinski definition) is 4. The second kappa shape index (κ2) is 7.79. The SMILES string of the molecule is CCCSCc1nc(C(C)C)c(CCC(=O)O)s1. The molecular formula is C13H21NO2S2. The molecule has 1 aromatic heterocycles. The monoisotopic (exact) mass is 287 g/mol. The van der Waals surface area contributed by atoms with Crippen molar-refractivity contribution in [3.63, 3.8) is 0 Å². The molecule has 1 heterocycles. The first-order valence-corrected chi connectivity index (χ1v) is 8.29. The number of aryl methyl sites for hydroxylation is 1. The van der Waals surface area contributed by atoms with Crippen molar-refractivity contribution in [2.24, 2.45) is 0 Å². The molecule has 0 aliphatic rings. The van der Waals surface area contributed by atoms with Crippen LogP contribution in [-0.2, 0) is 17.0 Å². The van der Waals surface area contributed by atoms with E-state index in [1.165, 1.54) is 6.42 Å². The molecule has 18 heavy (non-hydrogen) atoms. The summed E-state index contributed by atoms with van der Waals surface area (Å²) in [6.07, 6.45) is 1.99. The van der Waals surface area contributed by atoms with Crippen molar-refractivity contribution in [3.05, 3.63) is 15.6 Å². The van der Waals surface area contributed by atoms with E-state index in [0.29, 0.717) is 12.3 Å². The van der Waals surface area contributed by atoms with Gasteiger partial charge in [0.05, 0.1) is 12.1 Å². The number of aromatic nitrogens is 1. The van der Waals surface area contributed by atoms with Gasteiger partial charge in [-0.1, -0.05) is 20.8 Å². The van der Waals surface area contributed by atoms with Crippen molar-refractivity contribution in [2.45, 2.75) is 51.7 Å². The van der Waals surface area contributed by atoms with E-state index in [1.54, 1.807) is 11.3 Å². The Kier molecular flexibility index (Phi) is 6.71. The van der Waals surface area contributed by atoms with Crippen molar-refractivity contribution in [2.75, 3.05) is 5.75 Å². The van der Waals surface area contributed by atoms with Gasteiger partial charge in [0.25, 0.3) is 0 Å². The maximum atomic E-state index is 10.7. The second-order valence-electron chi connectivity index (χ2n) is 4.52. The average Bonchev–Trinajstić information content (AvgIpc) is 2.70. The molecule has 0 fully saturated rings. The van der Waals surface area contributed by atoms with Gasteiger partial charge < -0.3 is 5.11 Å². The van der Waals surface area contributed by atoms with E-state index in [0.717, 1.165) is 27.1 Å². The van der Waals surface area contributed by atoms with Crippen molar-refractivity contribution >= 4 is 29.1 Å². The molecule has 0 atom stereocenters. The number of aliphatic carboxylic acids is 1. The van der Waals surface area contributed by atoms with Gasteiger partial charge in [-0.25, -0.2) is 4.98 Å². The third-order valence-corrected chi connectivity index (χ3v) is 4.95. The molecule has 0 amide bonds. The van der Waals surface area contributed by atoms with Gasteiger partial charge in [-0.2, -0.15) is 11.8 Å². The van der Waals surface area contributed by atoms with E-state index in [4.69, 9.17) is 5.11 Å². The van der Waals surface area contributed by atoms with Crippen LogP contribution in [0.15, 0.2) is 0 Å². The van der Waals surface area contributed by atoms with Crippen LogP contribution in [0.2, 0.25) is 0 Å². The van der Waals surface area contributed by atoms with Crippen LogP contribution in [0.4, 0.5) is 0 Å². The molecule has 0 saturated heterocycles. The van der Waals surface area contributed by atoms with Gasteiger partial charge in [0.1, 0.15) is 5.01 Å². The van der Waals surface area contributed by atoms with Gasteiger partial charge in [0, 0.05) is 10.6 Å². The van der Waals surface area contributed by atoms with Crippen LogP contribution < -0.4 is 0 Å². The Labute approximate surface area is 117 Å². The highest BCUT2D eigenvalue weighted by molar-refractivity contribution is 7.98. The summed E-state index contributed by atoms with van der Waals surface area (Å²) in [5, 5.41) is 9.90. The fourth-order valence-electron chi connectivity index (χ4n) is 1.63. The Morgan fingerprint density at radius 2 is 2.22 bits per heavy atom. The zero-order chi connectivity index (χ0) is 13.5. The van der Waals surface area contributed by atoms with Gasteiger partial charge >= 0.3 is 5.97 Å². The lowest BCUT2D eigenvalue weighted by atomic mass is 10.1. The number of thiazole rings is 1. The van der Waals surface area contributed by atoms with E-state index in [-0.39, 0.29) is 6.42 Å². The van der Waals surface area contributed by atoms with Crippen LogP contribution in [-0.4, -0.2) is 21.8 Å². The van der Waals surface area contributed by atoms with Gasteiger partial charge in [-0.3, -0.25) is 4.79 Å². The molecule has 0 radical (unpaired) electrons. The number of carboxylic acids is 1. The lowest BCUT2D eigenvalue weighted by Gasteiger charge is -2.03. The molecule has 0 saturated carbocycles. The number of rotatable bonds is 8. The van der Waals surface area contributed by atoms with Crippen molar-refractivity contribution in [1.82, 2.24) is 4.98 Å². The van der Waals surface area contributed by atoms with Crippen LogP contribution in [0.25, 0.3) is 0 Å². The summed E-state index contributed by atoms with van der Waals surface area (Å²) in [6, 6.07) is 0. The molecule has 0 aliphatic carbocycles. The van der Waals surface area contributed by atoms with Gasteiger partial charge in [-0.15, -0.1) is 11.3 Å². The normalized spacial score (nSPS) is 11.1. The van der Waals surface area contributed by atoms with Gasteiger partial charge in [0.15, 0.2) is 0 Å². The Hall–Kier alpha value is -0.550. The zero-order valence-electron chi connectivity index (χ0n) is 11.2. The highest BCUT2D eigenvalue weighted by Gasteiger charge is 2.15. The smallest absolute Gasteiger partial charge is 0.303 e. The summed E-state index contributed by atoms with van der Waals surface area (Å²) in [7, 11) is 0. The summed E-state index contributed by atoms with van der Waals surface area (Å²) < 4.78 is 0. The molecule has 5 heteroatoms. The highest BCUT2D eigenvalue weighted by atomic mass is 32.2. The molecular weight excluding hydrogens is 266 g/mol. The second-order valence-corrected chi connectivity index (χ2v) is 6.79. The summed E-state index contributed by atoms with van der Waals surface area (Å²) in [6.45, 7) is 6.40. The lowest BCUT2D eigenvalue weighted by Crippen LogP contribution is -1.99. The van der Waals surface area contributed by atoms with Crippen LogP contribution in [0.5, 0.6) is 0 Å². The van der Waals surface area contributed by atoms with E-state index >= 15 is 0 Å². The van der Waals surface area contributed by atoms with Crippen LogP contribution in [0, 0.1) is 0 Å². The summed E-state index contributed by atoms with van der Waals surface area (Å²) >= 11 is 3.58. The number of carboxylic acid groups (broad SMARTS) is 1. The minimum Gasteiger partial charge on any atom is -0.481 e. The number of hydrogen-bond donors (Lipinski definition) is 1. The Bertz CT molecular complexity index is 388. The summed E-state index contributed by atoms with van der Waals surface area (Å²) in [5.74, 6) is 1.74. The standard InChI is InChI=1S/C13H21NO2S2/c1-4-7-17-8-11-14-13(9(2)3)10(18-11)5-6-12(15)16/h9H,4-8H2,1-3H3,(H,15,16).